The van der Waals surface area contributed by atoms with Gasteiger partial charge in [0.05, 0.1) is 0 Å². The largest absolute Gasteiger partial charge is 0.480 e. The molecule has 0 radical (unpaired) electrons. The van der Waals surface area contributed by atoms with E-state index in [0.29, 0.717) is 0 Å². The monoisotopic (exact) mass is 297 g/mol. The van der Waals surface area contributed by atoms with Crippen LogP contribution >= 0.6 is 0 Å². The van der Waals surface area contributed by atoms with Gasteiger partial charge in [-0.25, -0.2) is 4.79 Å². The van der Waals surface area contributed by atoms with Crippen LogP contribution in [0.15, 0.2) is 21.9 Å². The Balaban J connectivity index is 2.96. The first kappa shape index (κ1) is 16.7. The SMILES string of the molecule is CC(C)CN(CC(=O)O)C(=O)Cn1ccc(=O)n(C)c1=O. The van der Waals surface area contributed by atoms with Crippen molar-refractivity contribution >= 4 is 11.9 Å². The molecule has 1 aromatic rings. The van der Waals surface area contributed by atoms with Crippen molar-refractivity contribution < 1.29 is 14.7 Å². The van der Waals surface area contributed by atoms with E-state index in [1.807, 2.05) is 13.8 Å². The number of aromatic nitrogens is 2. The number of carbonyl (C=O) groups excluding carboxylic acids is 1. The third kappa shape index (κ3) is 4.59. The number of carbonyl (C=O) groups is 2. The minimum Gasteiger partial charge on any atom is -0.480 e. The summed E-state index contributed by atoms with van der Waals surface area (Å²) in [5.74, 6) is -1.49. The Morgan fingerprint density at radius 1 is 1.33 bits per heavy atom. The summed E-state index contributed by atoms with van der Waals surface area (Å²) in [5, 5.41) is 8.84. The van der Waals surface area contributed by atoms with E-state index in [2.05, 4.69) is 0 Å². The molecule has 1 amide bonds. The first-order chi connectivity index (χ1) is 9.72. The fraction of sp³-hybridized carbons (Fsp3) is 0.538. The van der Waals surface area contributed by atoms with Crippen molar-refractivity contribution in [1.82, 2.24) is 14.0 Å². The summed E-state index contributed by atoms with van der Waals surface area (Å²) in [6.07, 6.45) is 1.23. The molecule has 1 heterocycles. The van der Waals surface area contributed by atoms with Crippen molar-refractivity contribution in [2.75, 3.05) is 13.1 Å². The number of hydrogen-bond donors (Lipinski definition) is 1. The second kappa shape index (κ2) is 6.87. The summed E-state index contributed by atoms with van der Waals surface area (Å²) >= 11 is 0. The first-order valence-corrected chi connectivity index (χ1v) is 6.48. The van der Waals surface area contributed by atoms with Gasteiger partial charge in [-0.2, -0.15) is 0 Å². The minimum atomic E-state index is -1.11. The Kier molecular flexibility index (Phi) is 5.45. The second-order valence-corrected chi connectivity index (χ2v) is 5.19. The molecule has 0 atom stereocenters. The van der Waals surface area contributed by atoms with Crippen LogP contribution in [0.3, 0.4) is 0 Å². The lowest BCUT2D eigenvalue weighted by atomic mass is 10.2. The van der Waals surface area contributed by atoms with Crippen molar-refractivity contribution in [1.29, 1.82) is 0 Å². The Morgan fingerprint density at radius 3 is 2.48 bits per heavy atom. The summed E-state index contributed by atoms with van der Waals surface area (Å²) in [7, 11) is 1.31. The van der Waals surface area contributed by atoms with Gasteiger partial charge in [0, 0.05) is 25.9 Å². The quantitative estimate of drug-likeness (QED) is 0.734. The highest BCUT2D eigenvalue weighted by molar-refractivity contribution is 5.81. The van der Waals surface area contributed by atoms with Crippen LogP contribution in [0.2, 0.25) is 0 Å². The number of rotatable bonds is 6. The Morgan fingerprint density at radius 2 is 1.95 bits per heavy atom. The van der Waals surface area contributed by atoms with Crippen LogP contribution in [0.25, 0.3) is 0 Å². The highest BCUT2D eigenvalue weighted by Crippen LogP contribution is 2.00. The topological polar surface area (TPSA) is 102 Å². The fourth-order valence-corrected chi connectivity index (χ4v) is 1.84. The fourth-order valence-electron chi connectivity index (χ4n) is 1.84. The van der Waals surface area contributed by atoms with Crippen LogP contribution in [-0.4, -0.2) is 44.1 Å². The number of aliphatic carboxylic acids is 1. The van der Waals surface area contributed by atoms with E-state index in [0.717, 1.165) is 9.13 Å². The molecule has 1 aromatic heterocycles. The van der Waals surface area contributed by atoms with Crippen LogP contribution < -0.4 is 11.2 Å². The van der Waals surface area contributed by atoms with Crippen LogP contribution in [0.1, 0.15) is 13.8 Å². The van der Waals surface area contributed by atoms with E-state index in [-0.39, 0.29) is 19.0 Å². The number of hydrogen-bond acceptors (Lipinski definition) is 4. The molecule has 0 saturated carbocycles. The van der Waals surface area contributed by atoms with Gasteiger partial charge < -0.3 is 10.0 Å². The molecule has 1 N–H and O–H groups in total. The number of carboxylic acids is 1. The Hall–Kier alpha value is -2.38. The molecule has 0 fully saturated rings. The summed E-state index contributed by atoms with van der Waals surface area (Å²) in [6, 6.07) is 1.18. The third-order valence-electron chi connectivity index (χ3n) is 2.83. The van der Waals surface area contributed by atoms with Crippen molar-refractivity contribution in [3.63, 3.8) is 0 Å². The van der Waals surface area contributed by atoms with E-state index in [4.69, 9.17) is 5.11 Å². The van der Waals surface area contributed by atoms with Crippen molar-refractivity contribution in [2.45, 2.75) is 20.4 Å². The predicted molar refractivity (Wildman–Crippen MR) is 75.0 cm³/mol. The molecule has 1 rings (SSSR count). The normalized spacial score (nSPS) is 10.7. The van der Waals surface area contributed by atoms with Gasteiger partial charge in [0.25, 0.3) is 5.56 Å². The molecular weight excluding hydrogens is 278 g/mol. The molecule has 8 heteroatoms. The number of carboxylic acid groups (broad SMARTS) is 1. The smallest absolute Gasteiger partial charge is 0.331 e. The molecule has 0 aliphatic rings. The van der Waals surface area contributed by atoms with E-state index >= 15 is 0 Å². The molecule has 8 nitrogen and oxygen atoms in total. The zero-order valence-electron chi connectivity index (χ0n) is 12.3. The molecule has 0 aromatic carbocycles. The summed E-state index contributed by atoms with van der Waals surface area (Å²) in [6.45, 7) is 3.29. The Bertz CT molecular complexity index is 644. The molecule has 0 bridgehead atoms. The standard InChI is InChI=1S/C13H19N3O5/c1-9(2)6-16(8-12(19)20)11(18)7-15-5-4-10(17)14(3)13(15)21/h4-5,9H,6-8H2,1-3H3,(H,19,20). The van der Waals surface area contributed by atoms with Gasteiger partial charge in [-0.05, 0) is 5.92 Å². The molecule has 0 unspecified atom stereocenters. The maximum Gasteiger partial charge on any atom is 0.331 e. The van der Waals surface area contributed by atoms with Crippen LogP contribution in [0.5, 0.6) is 0 Å². The molecule has 0 aliphatic carbocycles. The predicted octanol–water partition coefficient (Wildman–Crippen LogP) is -0.884. The van der Waals surface area contributed by atoms with Crippen molar-refractivity contribution in [3.8, 4) is 0 Å². The van der Waals surface area contributed by atoms with E-state index in [9.17, 15) is 19.2 Å². The van der Waals surface area contributed by atoms with Crippen molar-refractivity contribution in [3.05, 3.63) is 33.1 Å². The average molecular weight is 297 g/mol. The van der Waals surface area contributed by atoms with Gasteiger partial charge >= 0.3 is 11.7 Å². The maximum atomic E-state index is 12.1. The maximum absolute atomic E-state index is 12.1. The van der Waals surface area contributed by atoms with Crippen LogP contribution in [-0.2, 0) is 23.2 Å². The minimum absolute atomic E-state index is 0.102. The zero-order chi connectivity index (χ0) is 16.2. The van der Waals surface area contributed by atoms with E-state index in [1.54, 1.807) is 0 Å². The van der Waals surface area contributed by atoms with E-state index < -0.39 is 29.7 Å². The lowest BCUT2D eigenvalue weighted by Gasteiger charge is -2.23. The molecule has 0 aliphatic heterocycles. The van der Waals surface area contributed by atoms with Gasteiger partial charge in [0.15, 0.2) is 0 Å². The molecular formula is C13H19N3O5. The highest BCUT2D eigenvalue weighted by Gasteiger charge is 2.19. The lowest BCUT2D eigenvalue weighted by Crippen LogP contribution is -2.44. The average Bonchev–Trinajstić information content (AvgIpc) is 2.37. The molecule has 21 heavy (non-hydrogen) atoms. The van der Waals surface area contributed by atoms with Crippen LogP contribution in [0.4, 0.5) is 0 Å². The second-order valence-electron chi connectivity index (χ2n) is 5.19. The number of amides is 1. The van der Waals surface area contributed by atoms with Gasteiger partial charge in [-0.15, -0.1) is 0 Å². The summed E-state index contributed by atoms with van der Waals surface area (Å²) < 4.78 is 1.97. The number of nitrogens with zero attached hydrogens (tertiary/aromatic N) is 3. The Labute approximate surface area is 121 Å². The molecule has 0 spiro atoms. The molecule has 0 saturated heterocycles. The zero-order valence-corrected chi connectivity index (χ0v) is 12.3. The van der Waals surface area contributed by atoms with Crippen molar-refractivity contribution in [2.24, 2.45) is 13.0 Å². The highest BCUT2D eigenvalue weighted by atomic mass is 16.4. The first-order valence-electron chi connectivity index (χ1n) is 6.48. The van der Waals surface area contributed by atoms with Gasteiger partial charge in [-0.3, -0.25) is 23.5 Å². The summed E-state index contributed by atoms with van der Waals surface area (Å²) in [5.41, 5.74) is -1.08. The lowest BCUT2D eigenvalue weighted by molar-refractivity contribution is -0.145. The summed E-state index contributed by atoms with van der Waals surface area (Å²) in [4.78, 5) is 47.2. The third-order valence-corrected chi connectivity index (χ3v) is 2.83. The van der Waals surface area contributed by atoms with Crippen LogP contribution in [0, 0.1) is 5.92 Å². The van der Waals surface area contributed by atoms with E-state index in [1.165, 1.54) is 24.2 Å². The molecule has 116 valence electrons. The van der Waals surface area contributed by atoms with Gasteiger partial charge in [0.1, 0.15) is 13.1 Å². The van der Waals surface area contributed by atoms with Gasteiger partial charge in [0.2, 0.25) is 5.91 Å². The van der Waals surface area contributed by atoms with Gasteiger partial charge in [-0.1, -0.05) is 13.8 Å².